The molecule has 0 aliphatic carbocycles. The normalized spacial score (nSPS) is 10.1. The summed E-state index contributed by atoms with van der Waals surface area (Å²) in [6.07, 6.45) is 1.52. The first-order chi connectivity index (χ1) is 9.10. The van der Waals surface area contributed by atoms with Gasteiger partial charge < -0.3 is 10.1 Å². The first kappa shape index (κ1) is 13.5. The van der Waals surface area contributed by atoms with Crippen molar-refractivity contribution < 1.29 is 9.53 Å². The van der Waals surface area contributed by atoms with Gasteiger partial charge in [-0.15, -0.1) is 0 Å². The van der Waals surface area contributed by atoms with Crippen molar-refractivity contribution in [3.63, 3.8) is 0 Å². The second kappa shape index (κ2) is 5.81. The lowest BCUT2D eigenvalue weighted by atomic mass is 10.2. The summed E-state index contributed by atoms with van der Waals surface area (Å²) in [5.74, 6) is -0.0251. The molecule has 0 bridgehead atoms. The van der Waals surface area contributed by atoms with Crippen LogP contribution in [0.5, 0.6) is 5.88 Å². The fourth-order valence-corrected chi connectivity index (χ4v) is 1.77. The van der Waals surface area contributed by atoms with Gasteiger partial charge in [0.25, 0.3) is 5.91 Å². The minimum atomic E-state index is -0.434. The highest BCUT2D eigenvalue weighted by Crippen LogP contribution is 2.18. The smallest absolute Gasteiger partial charge is 0.262 e. The van der Waals surface area contributed by atoms with E-state index in [0.717, 1.165) is 0 Å². The molecular formula is C11H8Cl2N4O2. The number of rotatable bonds is 3. The van der Waals surface area contributed by atoms with Crippen molar-refractivity contribution >= 4 is 34.9 Å². The van der Waals surface area contributed by atoms with Gasteiger partial charge in [0.2, 0.25) is 11.2 Å². The molecule has 2 aromatic rings. The van der Waals surface area contributed by atoms with E-state index >= 15 is 0 Å². The molecule has 0 fully saturated rings. The minimum absolute atomic E-state index is 0.0547. The molecule has 0 saturated heterocycles. The van der Waals surface area contributed by atoms with E-state index in [1.807, 2.05) is 0 Å². The summed E-state index contributed by atoms with van der Waals surface area (Å²) in [5.41, 5.74) is 0.274. The molecule has 0 atom stereocenters. The lowest BCUT2D eigenvalue weighted by Crippen LogP contribution is -2.14. The van der Waals surface area contributed by atoms with Gasteiger partial charge in [-0.2, -0.15) is 0 Å². The fraction of sp³-hybridized carbons (Fsp3) is 0.0909. The van der Waals surface area contributed by atoms with Crippen molar-refractivity contribution in [3.05, 3.63) is 40.4 Å². The Kier molecular flexibility index (Phi) is 4.13. The van der Waals surface area contributed by atoms with E-state index in [9.17, 15) is 4.79 Å². The highest BCUT2D eigenvalue weighted by Gasteiger charge is 2.14. The molecule has 0 unspecified atom stereocenters. The molecule has 2 heterocycles. The first-order valence-electron chi connectivity index (χ1n) is 5.10. The number of pyridine rings is 1. The van der Waals surface area contributed by atoms with E-state index in [4.69, 9.17) is 27.9 Å². The molecule has 0 aliphatic rings. The second-order valence-corrected chi connectivity index (χ2v) is 4.08. The molecule has 2 aromatic heterocycles. The van der Waals surface area contributed by atoms with Gasteiger partial charge >= 0.3 is 0 Å². The number of hydrogen-bond acceptors (Lipinski definition) is 5. The maximum Gasteiger partial charge on any atom is 0.262 e. The summed E-state index contributed by atoms with van der Waals surface area (Å²) in [7, 11) is 1.43. The van der Waals surface area contributed by atoms with Crippen LogP contribution in [0.1, 0.15) is 10.4 Å². The van der Waals surface area contributed by atoms with Crippen molar-refractivity contribution in [3.8, 4) is 5.88 Å². The monoisotopic (exact) mass is 298 g/mol. The van der Waals surface area contributed by atoms with Crippen LogP contribution in [0.2, 0.25) is 10.4 Å². The van der Waals surface area contributed by atoms with Gasteiger partial charge in [0, 0.05) is 12.3 Å². The van der Waals surface area contributed by atoms with Crippen LogP contribution in [0.25, 0.3) is 0 Å². The highest BCUT2D eigenvalue weighted by molar-refractivity contribution is 6.32. The molecule has 0 spiro atoms. The summed E-state index contributed by atoms with van der Waals surface area (Å²) >= 11 is 11.4. The third-order valence-corrected chi connectivity index (χ3v) is 2.48. The Labute approximate surface area is 118 Å². The fourth-order valence-electron chi connectivity index (χ4n) is 1.36. The maximum atomic E-state index is 12.0. The van der Waals surface area contributed by atoms with Crippen molar-refractivity contribution in [1.29, 1.82) is 0 Å². The van der Waals surface area contributed by atoms with E-state index in [0.29, 0.717) is 0 Å². The summed E-state index contributed by atoms with van der Waals surface area (Å²) < 4.78 is 4.99. The number of ether oxygens (including phenoxy) is 1. The molecule has 0 aliphatic heterocycles. The van der Waals surface area contributed by atoms with Gasteiger partial charge in [-0.3, -0.25) is 4.79 Å². The lowest BCUT2D eigenvalue weighted by molar-refractivity contribution is 0.102. The predicted molar refractivity (Wildman–Crippen MR) is 70.8 cm³/mol. The topological polar surface area (TPSA) is 77.0 Å². The van der Waals surface area contributed by atoms with Crippen LogP contribution in [0.4, 0.5) is 5.82 Å². The molecule has 6 nitrogen and oxygen atoms in total. The van der Waals surface area contributed by atoms with Crippen LogP contribution >= 0.6 is 23.2 Å². The van der Waals surface area contributed by atoms with Crippen molar-refractivity contribution in [2.24, 2.45) is 0 Å². The van der Waals surface area contributed by atoms with Crippen LogP contribution in [-0.4, -0.2) is 28.0 Å². The Morgan fingerprint density at radius 1 is 1.37 bits per heavy atom. The Bertz CT molecular complexity index is 601. The number of nitrogens with one attached hydrogen (secondary N) is 1. The van der Waals surface area contributed by atoms with E-state index in [1.54, 1.807) is 12.1 Å². The van der Waals surface area contributed by atoms with Gasteiger partial charge in [-0.25, -0.2) is 15.0 Å². The molecule has 2 rings (SSSR count). The zero-order valence-corrected chi connectivity index (χ0v) is 11.2. The van der Waals surface area contributed by atoms with Crippen molar-refractivity contribution in [2.75, 3.05) is 12.4 Å². The Morgan fingerprint density at radius 3 is 2.84 bits per heavy atom. The van der Waals surface area contributed by atoms with Crippen LogP contribution in [0.15, 0.2) is 24.4 Å². The number of carbonyl (C=O) groups excluding carboxylic acids is 1. The van der Waals surface area contributed by atoms with Gasteiger partial charge in [0.1, 0.15) is 16.5 Å². The standard InChI is InChI=1S/C11H8Cl2N4O2/c1-19-10-6(3-2-4-14-10)9(18)16-8-5-7(12)15-11(13)17-8/h2-5H,1H3,(H,15,16,17,18). The number of nitrogens with zero attached hydrogens (tertiary/aromatic N) is 3. The Morgan fingerprint density at radius 2 is 2.16 bits per heavy atom. The second-order valence-electron chi connectivity index (χ2n) is 3.36. The number of anilines is 1. The molecule has 0 aromatic carbocycles. The molecule has 8 heteroatoms. The molecule has 1 amide bonds. The highest BCUT2D eigenvalue weighted by atomic mass is 35.5. The van der Waals surface area contributed by atoms with E-state index in [-0.39, 0.29) is 27.7 Å². The predicted octanol–water partition coefficient (Wildman–Crippen LogP) is 2.44. The zero-order valence-electron chi connectivity index (χ0n) is 9.72. The zero-order chi connectivity index (χ0) is 13.8. The number of aromatic nitrogens is 3. The Balaban J connectivity index is 2.25. The van der Waals surface area contributed by atoms with Crippen LogP contribution < -0.4 is 10.1 Å². The number of hydrogen-bond donors (Lipinski definition) is 1. The number of halogens is 2. The molecule has 98 valence electrons. The summed E-state index contributed by atoms with van der Waals surface area (Å²) in [6, 6.07) is 4.58. The lowest BCUT2D eigenvalue weighted by Gasteiger charge is -2.07. The van der Waals surface area contributed by atoms with Gasteiger partial charge in [-0.05, 0) is 23.7 Å². The SMILES string of the molecule is COc1ncccc1C(=O)Nc1cc(Cl)nc(Cl)n1. The van der Waals surface area contributed by atoms with Crippen molar-refractivity contribution in [1.82, 2.24) is 15.0 Å². The summed E-state index contributed by atoms with van der Waals surface area (Å²) in [6.45, 7) is 0. The van der Waals surface area contributed by atoms with E-state index in [2.05, 4.69) is 20.3 Å². The molecule has 19 heavy (non-hydrogen) atoms. The van der Waals surface area contributed by atoms with Crippen LogP contribution in [0, 0.1) is 0 Å². The first-order valence-corrected chi connectivity index (χ1v) is 5.86. The van der Waals surface area contributed by atoms with E-state index < -0.39 is 5.91 Å². The summed E-state index contributed by atoms with van der Waals surface area (Å²) in [4.78, 5) is 23.5. The van der Waals surface area contributed by atoms with Gasteiger partial charge in [0.05, 0.1) is 7.11 Å². The number of carbonyl (C=O) groups is 1. The van der Waals surface area contributed by atoms with Crippen LogP contribution in [0.3, 0.4) is 0 Å². The minimum Gasteiger partial charge on any atom is -0.480 e. The van der Waals surface area contributed by atoms with E-state index in [1.165, 1.54) is 19.4 Å². The average Bonchev–Trinajstić information content (AvgIpc) is 2.37. The molecule has 0 saturated carbocycles. The molecule has 0 radical (unpaired) electrons. The maximum absolute atomic E-state index is 12.0. The molecular weight excluding hydrogens is 291 g/mol. The third-order valence-electron chi connectivity index (χ3n) is 2.12. The van der Waals surface area contributed by atoms with Crippen molar-refractivity contribution in [2.45, 2.75) is 0 Å². The van der Waals surface area contributed by atoms with Gasteiger partial charge in [0.15, 0.2) is 0 Å². The average molecular weight is 299 g/mol. The Hall–Kier alpha value is -1.92. The third kappa shape index (κ3) is 3.30. The quantitative estimate of drug-likeness (QED) is 0.695. The number of methoxy groups -OCH3 is 1. The largest absolute Gasteiger partial charge is 0.480 e. The summed E-state index contributed by atoms with van der Waals surface area (Å²) in [5, 5.41) is 2.61. The molecule has 1 N–H and O–H groups in total. The van der Waals surface area contributed by atoms with Gasteiger partial charge in [-0.1, -0.05) is 11.6 Å². The number of amides is 1. The van der Waals surface area contributed by atoms with Crippen LogP contribution in [-0.2, 0) is 0 Å².